The standard InChI is InChI=1S/C23H19N3O5/c27-21-12-11-18(26-25-17-7-3-1-4-8-17)13-16(21)15-24-20(23(29)30)14-22(28)31-19-9-5-2-6-10-19/h1-13,15,20,27H,14H2,(H,29,30). The van der Waals surface area contributed by atoms with Crippen molar-refractivity contribution in [2.75, 3.05) is 0 Å². The Hall–Kier alpha value is -4.33. The Morgan fingerprint density at radius 2 is 1.55 bits per heavy atom. The predicted molar refractivity (Wildman–Crippen MR) is 114 cm³/mol. The second-order valence-corrected chi connectivity index (χ2v) is 6.40. The van der Waals surface area contributed by atoms with Crippen molar-refractivity contribution in [3.8, 4) is 11.5 Å². The summed E-state index contributed by atoms with van der Waals surface area (Å²) in [5, 5.41) is 27.6. The number of hydrogen-bond donors (Lipinski definition) is 2. The van der Waals surface area contributed by atoms with Crippen molar-refractivity contribution in [2.45, 2.75) is 12.5 Å². The van der Waals surface area contributed by atoms with Crippen molar-refractivity contribution in [3.63, 3.8) is 0 Å². The van der Waals surface area contributed by atoms with Crippen LogP contribution in [0.5, 0.6) is 11.5 Å². The number of carbonyl (C=O) groups excluding carboxylic acids is 1. The van der Waals surface area contributed by atoms with Gasteiger partial charge in [-0.15, -0.1) is 0 Å². The number of carboxylic acids is 1. The highest BCUT2D eigenvalue weighted by atomic mass is 16.5. The van der Waals surface area contributed by atoms with Crippen molar-refractivity contribution in [3.05, 3.63) is 84.4 Å². The Balaban J connectivity index is 1.70. The molecule has 0 aliphatic heterocycles. The van der Waals surface area contributed by atoms with Gasteiger partial charge in [0.15, 0.2) is 6.04 Å². The van der Waals surface area contributed by atoms with Crippen LogP contribution >= 0.6 is 0 Å². The van der Waals surface area contributed by atoms with Gasteiger partial charge in [-0.1, -0.05) is 36.4 Å². The number of para-hydroxylation sites is 1. The van der Waals surface area contributed by atoms with Crippen LogP contribution in [0.25, 0.3) is 0 Å². The molecular weight excluding hydrogens is 398 g/mol. The van der Waals surface area contributed by atoms with E-state index in [-0.39, 0.29) is 11.3 Å². The second kappa shape index (κ2) is 10.4. The number of aliphatic carboxylic acids is 1. The molecule has 8 heteroatoms. The molecule has 0 heterocycles. The summed E-state index contributed by atoms with van der Waals surface area (Å²) in [7, 11) is 0. The molecule has 2 N–H and O–H groups in total. The number of phenols is 1. The van der Waals surface area contributed by atoms with Crippen molar-refractivity contribution < 1.29 is 24.5 Å². The van der Waals surface area contributed by atoms with Gasteiger partial charge in [-0.25, -0.2) is 4.79 Å². The number of carbonyl (C=O) groups is 2. The van der Waals surface area contributed by atoms with Crippen LogP contribution in [0.2, 0.25) is 0 Å². The monoisotopic (exact) mass is 417 g/mol. The van der Waals surface area contributed by atoms with E-state index in [0.29, 0.717) is 17.1 Å². The normalized spacial score (nSPS) is 12.1. The van der Waals surface area contributed by atoms with E-state index in [1.165, 1.54) is 18.3 Å². The maximum atomic E-state index is 12.0. The fourth-order valence-corrected chi connectivity index (χ4v) is 2.51. The molecule has 3 aromatic rings. The van der Waals surface area contributed by atoms with E-state index in [2.05, 4.69) is 15.2 Å². The van der Waals surface area contributed by atoms with Crippen LogP contribution in [-0.4, -0.2) is 34.4 Å². The number of phenolic OH excluding ortho intramolecular Hbond substituents is 1. The van der Waals surface area contributed by atoms with Crippen LogP contribution in [0.1, 0.15) is 12.0 Å². The van der Waals surface area contributed by atoms with Crippen molar-refractivity contribution >= 4 is 29.5 Å². The van der Waals surface area contributed by atoms with Crippen LogP contribution in [0.3, 0.4) is 0 Å². The molecule has 0 spiro atoms. The summed E-state index contributed by atoms with van der Waals surface area (Å²) >= 11 is 0. The van der Waals surface area contributed by atoms with Crippen LogP contribution < -0.4 is 4.74 Å². The molecular formula is C23H19N3O5. The number of azo groups is 1. The van der Waals surface area contributed by atoms with Gasteiger partial charge in [-0.05, 0) is 42.5 Å². The predicted octanol–water partition coefficient (Wildman–Crippen LogP) is 4.68. The van der Waals surface area contributed by atoms with Gasteiger partial charge < -0.3 is 14.9 Å². The SMILES string of the molecule is O=C(CC(N=Cc1cc(N=Nc2ccccc2)ccc1O)C(=O)O)Oc1ccccc1. The fraction of sp³-hybridized carbons (Fsp3) is 0.0870. The molecule has 1 atom stereocenters. The number of aliphatic imine (C=N–C) groups is 1. The zero-order valence-electron chi connectivity index (χ0n) is 16.3. The lowest BCUT2D eigenvalue weighted by atomic mass is 10.2. The topological polar surface area (TPSA) is 121 Å². The van der Waals surface area contributed by atoms with Crippen molar-refractivity contribution in [2.24, 2.45) is 15.2 Å². The first-order valence-corrected chi connectivity index (χ1v) is 9.33. The number of benzene rings is 3. The van der Waals surface area contributed by atoms with Gasteiger partial charge in [0.25, 0.3) is 0 Å². The van der Waals surface area contributed by atoms with E-state index >= 15 is 0 Å². The zero-order chi connectivity index (χ0) is 22.1. The molecule has 8 nitrogen and oxygen atoms in total. The van der Waals surface area contributed by atoms with Crippen LogP contribution in [0.15, 0.2) is 94.1 Å². The Morgan fingerprint density at radius 3 is 2.23 bits per heavy atom. The quantitative estimate of drug-likeness (QED) is 0.239. The maximum Gasteiger partial charge on any atom is 0.329 e. The van der Waals surface area contributed by atoms with Crippen molar-refractivity contribution in [1.29, 1.82) is 0 Å². The minimum absolute atomic E-state index is 0.113. The number of carboxylic acid groups (broad SMARTS) is 1. The summed E-state index contributed by atoms with van der Waals surface area (Å²) in [6, 6.07) is 20.5. The Labute approximate surface area is 178 Å². The lowest BCUT2D eigenvalue weighted by Crippen LogP contribution is -2.24. The summed E-state index contributed by atoms with van der Waals surface area (Å²) in [5.74, 6) is -1.82. The van der Waals surface area contributed by atoms with Crippen LogP contribution in [-0.2, 0) is 9.59 Å². The van der Waals surface area contributed by atoms with Gasteiger partial charge in [-0.3, -0.25) is 9.79 Å². The van der Waals surface area contributed by atoms with E-state index in [1.807, 2.05) is 18.2 Å². The molecule has 3 aromatic carbocycles. The second-order valence-electron chi connectivity index (χ2n) is 6.40. The Kier molecular flexibility index (Phi) is 7.21. The third-order valence-corrected chi connectivity index (χ3v) is 4.06. The average molecular weight is 417 g/mol. The molecule has 0 radical (unpaired) electrons. The molecule has 0 fully saturated rings. The number of nitrogens with zero attached hydrogens (tertiary/aromatic N) is 3. The molecule has 31 heavy (non-hydrogen) atoms. The molecule has 0 saturated heterocycles. The lowest BCUT2D eigenvalue weighted by molar-refractivity contribution is -0.143. The molecule has 0 aliphatic rings. The molecule has 3 rings (SSSR count). The molecule has 0 aliphatic carbocycles. The van der Waals surface area contributed by atoms with Gasteiger partial charge in [0.1, 0.15) is 11.5 Å². The first-order chi connectivity index (χ1) is 15.0. The minimum Gasteiger partial charge on any atom is -0.507 e. The highest BCUT2D eigenvalue weighted by Gasteiger charge is 2.21. The van der Waals surface area contributed by atoms with Gasteiger partial charge in [-0.2, -0.15) is 10.2 Å². The number of ether oxygens (including phenoxy) is 1. The first-order valence-electron chi connectivity index (χ1n) is 9.33. The third kappa shape index (κ3) is 6.60. The first kappa shape index (κ1) is 21.4. The molecule has 1 unspecified atom stereocenters. The van der Waals surface area contributed by atoms with E-state index in [9.17, 15) is 19.8 Å². The highest BCUT2D eigenvalue weighted by Crippen LogP contribution is 2.24. The average Bonchev–Trinajstić information content (AvgIpc) is 2.78. The molecule has 156 valence electrons. The van der Waals surface area contributed by atoms with E-state index in [4.69, 9.17) is 4.74 Å². The highest BCUT2D eigenvalue weighted by molar-refractivity contribution is 5.89. The largest absolute Gasteiger partial charge is 0.507 e. The fourth-order valence-electron chi connectivity index (χ4n) is 2.51. The van der Waals surface area contributed by atoms with Crippen molar-refractivity contribution in [1.82, 2.24) is 0 Å². The van der Waals surface area contributed by atoms with E-state index in [1.54, 1.807) is 48.5 Å². The number of hydrogen-bond acceptors (Lipinski definition) is 7. The number of rotatable bonds is 8. The maximum absolute atomic E-state index is 12.0. The lowest BCUT2D eigenvalue weighted by Gasteiger charge is -2.08. The summed E-state index contributed by atoms with van der Waals surface area (Å²) < 4.78 is 5.11. The molecule has 0 saturated carbocycles. The Bertz CT molecular complexity index is 1100. The van der Waals surface area contributed by atoms with Gasteiger partial charge in [0.2, 0.25) is 0 Å². The summed E-state index contributed by atoms with van der Waals surface area (Å²) in [6.45, 7) is 0. The summed E-state index contributed by atoms with van der Waals surface area (Å²) in [4.78, 5) is 27.5. The molecule has 0 aromatic heterocycles. The minimum atomic E-state index is -1.37. The number of esters is 1. The van der Waals surface area contributed by atoms with E-state index in [0.717, 1.165) is 0 Å². The Morgan fingerprint density at radius 1 is 0.903 bits per heavy atom. The van der Waals surface area contributed by atoms with Gasteiger partial charge in [0, 0.05) is 11.8 Å². The van der Waals surface area contributed by atoms with Crippen LogP contribution in [0, 0.1) is 0 Å². The van der Waals surface area contributed by atoms with E-state index < -0.39 is 24.4 Å². The van der Waals surface area contributed by atoms with Gasteiger partial charge in [0.05, 0.1) is 17.8 Å². The summed E-state index contributed by atoms with van der Waals surface area (Å²) in [6.07, 6.45) is 0.723. The van der Waals surface area contributed by atoms with Crippen LogP contribution in [0.4, 0.5) is 11.4 Å². The third-order valence-electron chi connectivity index (χ3n) is 4.06. The smallest absolute Gasteiger partial charge is 0.329 e. The summed E-state index contributed by atoms with van der Waals surface area (Å²) in [5.41, 5.74) is 1.35. The van der Waals surface area contributed by atoms with Gasteiger partial charge >= 0.3 is 11.9 Å². The molecule has 0 amide bonds. The number of aromatic hydroxyl groups is 1. The molecule has 0 bridgehead atoms. The zero-order valence-corrected chi connectivity index (χ0v) is 16.3.